The van der Waals surface area contributed by atoms with Gasteiger partial charge < -0.3 is 16.8 Å². The van der Waals surface area contributed by atoms with Crippen LogP contribution in [0.3, 0.4) is 0 Å². The third-order valence-corrected chi connectivity index (χ3v) is 3.30. The van der Waals surface area contributed by atoms with Crippen molar-refractivity contribution >= 4 is 23.2 Å². The summed E-state index contributed by atoms with van der Waals surface area (Å²) in [5.41, 5.74) is 14.4. The summed E-state index contributed by atoms with van der Waals surface area (Å²) in [7, 11) is 0. The molecule has 0 heterocycles. The number of hydrogen-bond acceptors (Lipinski definition) is 3. The first kappa shape index (κ1) is 14.6. The van der Waals surface area contributed by atoms with Crippen molar-refractivity contribution in [3.05, 3.63) is 58.7 Å². The van der Waals surface area contributed by atoms with E-state index in [4.69, 9.17) is 11.5 Å². The number of carbonyl (C=O) groups excluding carboxylic acids is 2. The van der Waals surface area contributed by atoms with Crippen molar-refractivity contribution in [3.63, 3.8) is 0 Å². The number of aryl methyl sites for hydroxylation is 1. The second-order valence-electron chi connectivity index (χ2n) is 4.89. The van der Waals surface area contributed by atoms with Gasteiger partial charge in [-0.2, -0.15) is 0 Å². The predicted molar refractivity (Wildman–Crippen MR) is 83.2 cm³/mol. The summed E-state index contributed by atoms with van der Waals surface area (Å²) in [6, 6.07) is 10.3. The molecule has 5 heteroatoms. The zero-order chi connectivity index (χ0) is 15.6. The molecule has 2 amide bonds. The minimum absolute atomic E-state index is 0.319. The van der Waals surface area contributed by atoms with Gasteiger partial charge in [-0.15, -0.1) is 0 Å². The summed E-state index contributed by atoms with van der Waals surface area (Å²) >= 11 is 0. The fraction of sp³-hybridized carbons (Fsp3) is 0.125. The second-order valence-corrected chi connectivity index (χ2v) is 4.89. The molecule has 0 aliphatic carbocycles. The Hall–Kier alpha value is -2.82. The van der Waals surface area contributed by atoms with Crippen LogP contribution in [-0.4, -0.2) is 11.8 Å². The lowest BCUT2D eigenvalue weighted by molar-refractivity contribution is 0.0995. The Bertz CT molecular complexity index is 723. The van der Waals surface area contributed by atoms with Crippen LogP contribution in [0.2, 0.25) is 0 Å². The Balaban J connectivity index is 2.34. The van der Waals surface area contributed by atoms with Crippen LogP contribution in [-0.2, 0) is 0 Å². The van der Waals surface area contributed by atoms with Gasteiger partial charge >= 0.3 is 0 Å². The highest BCUT2D eigenvalue weighted by Gasteiger charge is 2.14. The van der Waals surface area contributed by atoms with E-state index in [1.54, 1.807) is 37.3 Å². The number of nitrogen functional groups attached to an aromatic ring is 1. The first-order valence-corrected chi connectivity index (χ1v) is 6.47. The number of benzene rings is 2. The quantitative estimate of drug-likeness (QED) is 0.753. The van der Waals surface area contributed by atoms with E-state index in [0.717, 1.165) is 5.56 Å². The summed E-state index contributed by atoms with van der Waals surface area (Å²) in [6.07, 6.45) is 0. The van der Waals surface area contributed by atoms with Crippen molar-refractivity contribution in [1.82, 2.24) is 0 Å². The van der Waals surface area contributed by atoms with Gasteiger partial charge in [0.15, 0.2) is 0 Å². The van der Waals surface area contributed by atoms with Gasteiger partial charge in [-0.3, -0.25) is 9.59 Å². The molecule has 0 radical (unpaired) electrons. The number of rotatable bonds is 3. The lowest BCUT2D eigenvalue weighted by atomic mass is 10.1. The highest BCUT2D eigenvalue weighted by atomic mass is 16.2. The molecule has 2 aromatic carbocycles. The van der Waals surface area contributed by atoms with Crippen molar-refractivity contribution < 1.29 is 9.59 Å². The van der Waals surface area contributed by atoms with E-state index < -0.39 is 5.91 Å². The van der Waals surface area contributed by atoms with Crippen LogP contribution < -0.4 is 16.8 Å². The molecule has 5 nitrogen and oxygen atoms in total. The number of nitrogens with one attached hydrogen (secondary N) is 1. The Morgan fingerprint density at radius 2 is 1.76 bits per heavy atom. The molecule has 0 fully saturated rings. The van der Waals surface area contributed by atoms with Crippen LogP contribution >= 0.6 is 0 Å². The molecule has 0 atom stereocenters. The van der Waals surface area contributed by atoms with E-state index in [1.807, 2.05) is 13.0 Å². The minimum Gasteiger partial charge on any atom is -0.398 e. The fourth-order valence-electron chi connectivity index (χ4n) is 2.09. The summed E-state index contributed by atoms with van der Waals surface area (Å²) in [5.74, 6) is -0.848. The summed E-state index contributed by atoms with van der Waals surface area (Å²) in [4.78, 5) is 23.6. The standard InChI is InChI=1S/C16H17N3O2/c1-9-6-7-13(17)12(8-9)16(21)19-14-5-3-4-11(10(14)2)15(18)20/h3-8H,17H2,1-2H3,(H2,18,20)(H,19,21). The lowest BCUT2D eigenvalue weighted by Crippen LogP contribution is -2.17. The third kappa shape index (κ3) is 3.02. The molecule has 0 saturated heterocycles. The molecular weight excluding hydrogens is 266 g/mol. The zero-order valence-electron chi connectivity index (χ0n) is 11.9. The van der Waals surface area contributed by atoms with Crippen molar-refractivity contribution in [2.24, 2.45) is 5.73 Å². The maximum Gasteiger partial charge on any atom is 0.257 e. The SMILES string of the molecule is Cc1ccc(N)c(C(=O)Nc2cccc(C(N)=O)c2C)c1. The first-order valence-electron chi connectivity index (χ1n) is 6.47. The van der Waals surface area contributed by atoms with Crippen LogP contribution in [0.5, 0.6) is 0 Å². The number of carbonyl (C=O) groups is 2. The monoisotopic (exact) mass is 283 g/mol. The maximum absolute atomic E-state index is 12.3. The topological polar surface area (TPSA) is 98.2 Å². The van der Waals surface area contributed by atoms with E-state index >= 15 is 0 Å². The molecule has 0 unspecified atom stereocenters. The highest BCUT2D eigenvalue weighted by molar-refractivity contribution is 6.09. The van der Waals surface area contributed by atoms with Crippen LogP contribution in [0.1, 0.15) is 31.8 Å². The molecule has 0 bridgehead atoms. The van der Waals surface area contributed by atoms with E-state index in [9.17, 15) is 9.59 Å². The minimum atomic E-state index is -0.529. The van der Waals surface area contributed by atoms with E-state index in [0.29, 0.717) is 28.1 Å². The van der Waals surface area contributed by atoms with Crippen molar-refractivity contribution in [2.75, 3.05) is 11.1 Å². The summed E-state index contributed by atoms with van der Waals surface area (Å²) in [6.45, 7) is 3.62. The highest BCUT2D eigenvalue weighted by Crippen LogP contribution is 2.21. The van der Waals surface area contributed by atoms with Gasteiger partial charge in [0, 0.05) is 16.9 Å². The van der Waals surface area contributed by atoms with E-state index in [-0.39, 0.29) is 5.91 Å². The second kappa shape index (κ2) is 5.66. The maximum atomic E-state index is 12.3. The average molecular weight is 283 g/mol. The molecular formula is C16H17N3O2. The smallest absolute Gasteiger partial charge is 0.257 e. The molecule has 5 N–H and O–H groups in total. The largest absolute Gasteiger partial charge is 0.398 e. The van der Waals surface area contributed by atoms with Crippen LogP contribution in [0.25, 0.3) is 0 Å². The van der Waals surface area contributed by atoms with Crippen molar-refractivity contribution in [1.29, 1.82) is 0 Å². The average Bonchev–Trinajstić information content (AvgIpc) is 2.43. The first-order chi connectivity index (χ1) is 9.90. The Labute approximate surface area is 123 Å². The number of anilines is 2. The molecule has 2 aromatic rings. The lowest BCUT2D eigenvalue weighted by Gasteiger charge is -2.12. The Kier molecular flexibility index (Phi) is 3.93. The van der Waals surface area contributed by atoms with Gasteiger partial charge in [0.05, 0.1) is 5.56 Å². The van der Waals surface area contributed by atoms with Gasteiger partial charge in [-0.1, -0.05) is 17.7 Å². The molecule has 0 aliphatic heterocycles. The van der Waals surface area contributed by atoms with Gasteiger partial charge in [-0.25, -0.2) is 0 Å². The molecule has 2 rings (SSSR count). The molecule has 0 aromatic heterocycles. The normalized spacial score (nSPS) is 10.2. The number of amides is 2. The zero-order valence-corrected chi connectivity index (χ0v) is 11.9. The van der Waals surface area contributed by atoms with E-state index in [2.05, 4.69) is 5.32 Å². The molecule has 108 valence electrons. The Morgan fingerprint density at radius 1 is 1.05 bits per heavy atom. The van der Waals surface area contributed by atoms with Gasteiger partial charge in [-0.05, 0) is 43.7 Å². The third-order valence-electron chi connectivity index (χ3n) is 3.30. The van der Waals surface area contributed by atoms with Gasteiger partial charge in [0.2, 0.25) is 5.91 Å². The molecule has 0 spiro atoms. The molecule has 0 saturated carbocycles. The number of hydrogen-bond donors (Lipinski definition) is 3. The van der Waals surface area contributed by atoms with Crippen molar-refractivity contribution in [2.45, 2.75) is 13.8 Å². The molecule has 0 aliphatic rings. The van der Waals surface area contributed by atoms with Gasteiger partial charge in [0.25, 0.3) is 5.91 Å². The number of primary amides is 1. The molecule has 21 heavy (non-hydrogen) atoms. The van der Waals surface area contributed by atoms with Crippen LogP contribution in [0, 0.1) is 13.8 Å². The van der Waals surface area contributed by atoms with E-state index in [1.165, 1.54) is 0 Å². The number of nitrogens with two attached hydrogens (primary N) is 2. The van der Waals surface area contributed by atoms with Crippen LogP contribution in [0.15, 0.2) is 36.4 Å². The summed E-state index contributed by atoms with van der Waals surface area (Å²) < 4.78 is 0. The Morgan fingerprint density at radius 3 is 2.43 bits per heavy atom. The van der Waals surface area contributed by atoms with Crippen LogP contribution in [0.4, 0.5) is 11.4 Å². The predicted octanol–water partition coefficient (Wildman–Crippen LogP) is 2.24. The van der Waals surface area contributed by atoms with Crippen molar-refractivity contribution in [3.8, 4) is 0 Å². The fourth-order valence-corrected chi connectivity index (χ4v) is 2.09. The van der Waals surface area contributed by atoms with Gasteiger partial charge in [0.1, 0.15) is 0 Å². The summed E-state index contributed by atoms with van der Waals surface area (Å²) in [5, 5.41) is 2.76.